The lowest BCUT2D eigenvalue weighted by Crippen LogP contribution is -1.87. The average Bonchev–Trinajstić information content (AvgIpc) is 2.66. The average molecular weight is 310 g/mol. The zero-order valence-electron chi connectivity index (χ0n) is 13.6. The molecular formula is C23H18O. The summed E-state index contributed by atoms with van der Waals surface area (Å²) in [6.07, 6.45) is 3.74. The number of hydrogen-bond acceptors (Lipinski definition) is 1. The molecule has 24 heavy (non-hydrogen) atoms. The van der Waals surface area contributed by atoms with Gasteiger partial charge < -0.3 is 4.74 Å². The second-order valence-electron chi connectivity index (χ2n) is 5.82. The lowest BCUT2D eigenvalue weighted by molar-refractivity contribution is 0.341. The third-order valence-electron chi connectivity index (χ3n) is 4.40. The molecule has 4 aromatic carbocycles. The second kappa shape index (κ2) is 6.21. The lowest BCUT2D eigenvalue weighted by atomic mass is 9.91. The first kappa shape index (κ1) is 14.5. The highest BCUT2D eigenvalue weighted by atomic mass is 16.5. The van der Waals surface area contributed by atoms with Crippen LogP contribution in [0.25, 0.3) is 38.7 Å². The number of ether oxygens (including phenoxy) is 1. The van der Waals surface area contributed by atoms with Crippen molar-refractivity contribution in [3.8, 4) is 11.1 Å². The highest BCUT2D eigenvalue weighted by molar-refractivity contribution is 6.14. The Morgan fingerprint density at radius 3 is 2.17 bits per heavy atom. The van der Waals surface area contributed by atoms with E-state index in [4.69, 9.17) is 4.74 Å². The van der Waals surface area contributed by atoms with Crippen molar-refractivity contribution >= 4 is 27.6 Å². The van der Waals surface area contributed by atoms with Crippen LogP contribution >= 0.6 is 0 Å². The van der Waals surface area contributed by atoms with Crippen LogP contribution in [-0.4, -0.2) is 7.11 Å². The van der Waals surface area contributed by atoms with Gasteiger partial charge in [-0.05, 0) is 50.4 Å². The van der Waals surface area contributed by atoms with Gasteiger partial charge in [0.05, 0.1) is 13.4 Å². The highest BCUT2D eigenvalue weighted by Gasteiger charge is 2.10. The molecule has 0 bridgehead atoms. The highest BCUT2D eigenvalue weighted by Crippen LogP contribution is 2.36. The Hall–Kier alpha value is -3.06. The van der Waals surface area contributed by atoms with Crippen LogP contribution in [0.15, 0.2) is 85.1 Å². The molecule has 4 aromatic rings. The van der Waals surface area contributed by atoms with E-state index in [0.717, 1.165) is 5.56 Å². The van der Waals surface area contributed by atoms with E-state index in [2.05, 4.69) is 78.9 Å². The third-order valence-corrected chi connectivity index (χ3v) is 4.40. The zero-order valence-corrected chi connectivity index (χ0v) is 13.6. The summed E-state index contributed by atoms with van der Waals surface area (Å²) in [7, 11) is 1.67. The molecule has 0 aromatic heterocycles. The second-order valence-corrected chi connectivity index (χ2v) is 5.82. The van der Waals surface area contributed by atoms with Crippen molar-refractivity contribution in [2.75, 3.05) is 7.11 Å². The van der Waals surface area contributed by atoms with Crippen LogP contribution in [-0.2, 0) is 4.74 Å². The summed E-state index contributed by atoms with van der Waals surface area (Å²) in [6.45, 7) is 0. The van der Waals surface area contributed by atoms with E-state index < -0.39 is 0 Å². The molecule has 0 atom stereocenters. The van der Waals surface area contributed by atoms with E-state index in [9.17, 15) is 0 Å². The molecule has 0 saturated carbocycles. The number of fused-ring (bicyclic) bond motifs is 3. The lowest BCUT2D eigenvalue weighted by Gasteiger charge is -2.13. The van der Waals surface area contributed by atoms with Crippen molar-refractivity contribution in [3.63, 3.8) is 0 Å². The SMILES string of the molecule is CO/C=C/c1ccccc1-c1cc2ccccc2c2ccccc12. The van der Waals surface area contributed by atoms with Gasteiger partial charge in [0.15, 0.2) is 0 Å². The van der Waals surface area contributed by atoms with Gasteiger partial charge >= 0.3 is 0 Å². The predicted octanol–water partition coefficient (Wildman–Crippen LogP) is 6.28. The van der Waals surface area contributed by atoms with E-state index in [0.29, 0.717) is 0 Å². The first-order valence-electron chi connectivity index (χ1n) is 8.08. The molecule has 0 amide bonds. The molecule has 1 heteroatoms. The molecule has 116 valence electrons. The fraction of sp³-hybridized carbons (Fsp3) is 0.0435. The van der Waals surface area contributed by atoms with Gasteiger partial charge in [0, 0.05) is 0 Å². The standard InChI is InChI=1S/C23H18O/c1-24-15-14-17-8-2-4-10-19(17)23-16-18-9-3-5-11-20(18)21-12-6-7-13-22(21)23/h2-16H,1H3/b15-14+. The summed E-state index contributed by atoms with van der Waals surface area (Å²) in [5, 5.41) is 5.11. The Labute approximate surface area is 141 Å². The smallest absolute Gasteiger partial charge is 0.0830 e. The number of benzene rings is 4. The van der Waals surface area contributed by atoms with E-state index in [1.54, 1.807) is 13.4 Å². The largest absolute Gasteiger partial charge is 0.504 e. The topological polar surface area (TPSA) is 9.23 Å². The first-order chi connectivity index (χ1) is 11.9. The maximum atomic E-state index is 5.11. The maximum absolute atomic E-state index is 5.11. The van der Waals surface area contributed by atoms with Gasteiger partial charge in [-0.3, -0.25) is 0 Å². The molecule has 4 rings (SSSR count). The normalized spacial score (nSPS) is 11.4. The summed E-state index contributed by atoms with van der Waals surface area (Å²) in [4.78, 5) is 0. The molecule has 0 N–H and O–H groups in total. The van der Waals surface area contributed by atoms with E-state index in [1.807, 2.05) is 6.08 Å². The van der Waals surface area contributed by atoms with Gasteiger partial charge in [-0.2, -0.15) is 0 Å². The molecule has 0 fully saturated rings. The summed E-state index contributed by atoms with van der Waals surface area (Å²) in [5.74, 6) is 0. The van der Waals surface area contributed by atoms with Gasteiger partial charge in [-0.15, -0.1) is 0 Å². The van der Waals surface area contributed by atoms with Crippen molar-refractivity contribution in [2.45, 2.75) is 0 Å². The van der Waals surface area contributed by atoms with Crippen molar-refractivity contribution in [1.82, 2.24) is 0 Å². The Morgan fingerprint density at radius 2 is 1.33 bits per heavy atom. The minimum atomic E-state index is 1.15. The summed E-state index contributed by atoms with van der Waals surface area (Å²) >= 11 is 0. The predicted molar refractivity (Wildman–Crippen MR) is 103 cm³/mol. The minimum absolute atomic E-state index is 1.15. The molecule has 0 spiro atoms. The van der Waals surface area contributed by atoms with Crippen LogP contribution in [0.4, 0.5) is 0 Å². The van der Waals surface area contributed by atoms with Crippen LogP contribution < -0.4 is 0 Å². The Balaban J connectivity index is 2.08. The molecule has 0 unspecified atom stereocenters. The summed E-state index contributed by atoms with van der Waals surface area (Å²) in [5.41, 5.74) is 3.62. The third kappa shape index (κ3) is 2.44. The summed E-state index contributed by atoms with van der Waals surface area (Å²) in [6, 6.07) is 27.9. The number of hydrogen-bond donors (Lipinski definition) is 0. The van der Waals surface area contributed by atoms with E-state index in [-0.39, 0.29) is 0 Å². The van der Waals surface area contributed by atoms with Gasteiger partial charge in [0.2, 0.25) is 0 Å². The Bertz CT molecular complexity index is 1040. The Kier molecular flexibility index (Phi) is 3.76. The molecule has 0 radical (unpaired) electrons. The van der Waals surface area contributed by atoms with Crippen molar-refractivity contribution in [1.29, 1.82) is 0 Å². The van der Waals surface area contributed by atoms with Crippen LogP contribution in [0.5, 0.6) is 0 Å². The van der Waals surface area contributed by atoms with Crippen molar-refractivity contribution in [2.24, 2.45) is 0 Å². The summed E-state index contributed by atoms with van der Waals surface area (Å²) < 4.78 is 5.11. The first-order valence-corrected chi connectivity index (χ1v) is 8.08. The van der Waals surface area contributed by atoms with Crippen molar-refractivity contribution < 1.29 is 4.74 Å². The molecule has 0 aliphatic heterocycles. The van der Waals surface area contributed by atoms with Gasteiger partial charge in [-0.25, -0.2) is 0 Å². The quantitative estimate of drug-likeness (QED) is 0.320. The van der Waals surface area contributed by atoms with Crippen molar-refractivity contribution in [3.05, 3.63) is 90.7 Å². The molecule has 0 aliphatic carbocycles. The molecule has 1 nitrogen and oxygen atoms in total. The van der Waals surface area contributed by atoms with Crippen LogP contribution in [0.1, 0.15) is 5.56 Å². The van der Waals surface area contributed by atoms with Crippen LogP contribution in [0, 0.1) is 0 Å². The molecule has 0 heterocycles. The van der Waals surface area contributed by atoms with Crippen LogP contribution in [0.3, 0.4) is 0 Å². The minimum Gasteiger partial charge on any atom is -0.504 e. The van der Waals surface area contributed by atoms with Gasteiger partial charge in [0.25, 0.3) is 0 Å². The molecule has 0 saturated heterocycles. The zero-order chi connectivity index (χ0) is 16.4. The molecular weight excluding hydrogens is 292 g/mol. The van der Waals surface area contributed by atoms with Gasteiger partial charge in [0.1, 0.15) is 0 Å². The van der Waals surface area contributed by atoms with Gasteiger partial charge in [-0.1, -0.05) is 72.8 Å². The molecule has 0 aliphatic rings. The fourth-order valence-electron chi connectivity index (χ4n) is 3.31. The maximum Gasteiger partial charge on any atom is 0.0830 e. The van der Waals surface area contributed by atoms with E-state index in [1.165, 1.54) is 32.7 Å². The fourth-order valence-corrected chi connectivity index (χ4v) is 3.31. The monoisotopic (exact) mass is 310 g/mol. The number of methoxy groups -OCH3 is 1. The van der Waals surface area contributed by atoms with Crippen LogP contribution in [0.2, 0.25) is 0 Å². The van der Waals surface area contributed by atoms with E-state index >= 15 is 0 Å². The number of rotatable bonds is 3. The Morgan fingerprint density at radius 1 is 0.667 bits per heavy atom.